The Morgan fingerprint density at radius 2 is 2.16 bits per heavy atom. The average molecular weight is 255 g/mol. The van der Waals surface area contributed by atoms with Gasteiger partial charge in [-0.2, -0.15) is 0 Å². The van der Waals surface area contributed by atoms with Gasteiger partial charge in [-0.05, 0) is 42.3 Å². The molecular formula is C15H17N3O. The number of hydrogen-bond donors (Lipinski definition) is 1. The van der Waals surface area contributed by atoms with Gasteiger partial charge in [-0.25, -0.2) is 0 Å². The van der Waals surface area contributed by atoms with Gasteiger partial charge in [-0.15, -0.1) is 0 Å². The van der Waals surface area contributed by atoms with Gasteiger partial charge in [0, 0.05) is 37.2 Å². The SMILES string of the molecule is Cc1cc(N)cc(C(=O)N(C)Cc2cccnc2)c1. The fraction of sp³-hybridized carbons (Fsp3) is 0.200. The summed E-state index contributed by atoms with van der Waals surface area (Å²) in [6.45, 7) is 2.45. The third kappa shape index (κ3) is 3.31. The van der Waals surface area contributed by atoms with Gasteiger partial charge >= 0.3 is 0 Å². The van der Waals surface area contributed by atoms with Crippen LogP contribution in [0.5, 0.6) is 0 Å². The van der Waals surface area contributed by atoms with Crippen LogP contribution >= 0.6 is 0 Å². The van der Waals surface area contributed by atoms with Crippen LogP contribution in [0.4, 0.5) is 5.69 Å². The molecule has 98 valence electrons. The van der Waals surface area contributed by atoms with Crippen LogP contribution < -0.4 is 5.73 Å². The first-order chi connectivity index (χ1) is 9.06. The van der Waals surface area contributed by atoms with E-state index in [1.165, 1.54) is 0 Å². The van der Waals surface area contributed by atoms with Crippen molar-refractivity contribution in [3.05, 3.63) is 59.4 Å². The van der Waals surface area contributed by atoms with E-state index in [2.05, 4.69) is 4.98 Å². The fourth-order valence-corrected chi connectivity index (χ4v) is 1.99. The van der Waals surface area contributed by atoms with E-state index in [1.807, 2.05) is 31.2 Å². The Morgan fingerprint density at radius 3 is 2.79 bits per heavy atom. The highest BCUT2D eigenvalue weighted by atomic mass is 16.2. The van der Waals surface area contributed by atoms with Crippen molar-refractivity contribution in [2.24, 2.45) is 0 Å². The molecule has 0 saturated heterocycles. The van der Waals surface area contributed by atoms with Gasteiger partial charge in [0.05, 0.1) is 0 Å². The smallest absolute Gasteiger partial charge is 0.253 e. The molecule has 2 N–H and O–H groups in total. The Hall–Kier alpha value is -2.36. The highest BCUT2D eigenvalue weighted by Crippen LogP contribution is 2.14. The quantitative estimate of drug-likeness (QED) is 0.856. The van der Waals surface area contributed by atoms with Crippen molar-refractivity contribution in [2.45, 2.75) is 13.5 Å². The molecule has 4 nitrogen and oxygen atoms in total. The molecule has 1 heterocycles. The molecule has 4 heteroatoms. The predicted octanol–water partition coefficient (Wildman–Crippen LogP) is 2.24. The molecule has 0 fully saturated rings. The minimum atomic E-state index is -0.0424. The maximum atomic E-state index is 12.3. The number of nitrogens with zero attached hydrogens (tertiary/aromatic N) is 2. The predicted molar refractivity (Wildman–Crippen MR) is 75.6 cm³/mol. The summed E-state index contributed by atoms with van der Waals surface area (Å²) >= 11 is 0. The number of carbonyl (C=O) groups is 1. The van der Waals surface area contributed by atoms with Crippen LogP contribution in [0.3, 0.4) is 0 Å². The zero-order valence-corrected chi connectivity index (χ0v) is 11.1. The Labute approximate surface area is 112 Å². The molecule has 1 amide bonds. The second kappa shape index (κ2) is 5.52. The first-order valence-corrected chi connectivity index (χ1v) is 6.08. The van der Waals surface area contributed by atoms with E-state index in [9.17, 15) is 4.79 Å². The number of hydrogen-bond acceptors (Lipinski definition) is 3. The van der Waals surface area contributed by atoms with Crippen molar-refractivity contribution < 1.29 is 4.79 Å². The van der Waals surface area contributed by atoms with Gasteiger partial charge in [0.1, 0.15) is 0 Å². The number of amides is 1. The molecule has 2 rings (SSSR count). The first-order valence-electron chi connectivity index (χ1n) is 6.08. The molecule has 1 aromatic carbocycles. The summed E-state index contributed by atoms with van der Waals surface area (Å²) in [5.41, 5.74) is 8.98. The standard InChI is InChI=1S/C15H17N3O/c1-11-6-13(8-14(16)7-11)15(19)18(2)10-12-4-3-5-17-9-12/h3-9H,10,16H2,1-2H3. The third-order valence-electron chi connectivity index (χ3n) is 2.84. The van der Waals surface area contributed by atoms with Crippen LogP contribution in [0.2, 0.25) is 0 Å². The Bertz CT molecular complexity index is 561. The summed E-state index contributed by atoms with van der Waals surface area (Å²) in [6.07, 6.45) is 3.47. The van der Waals surface area contributed by atoms with Crippen LogP contribution in [0.25, 0.3) is 0 Å². The number of anilines is 1. The molecule has 2 aromatic rings. The normalized spacial score (nSPS) is 10.2. The van der Waals surface area contributed by atoms with Crippen LogP contribution in [-0.4, -0.2) is 22.8 Å². The van der Waals surface area contributed by atoms with E-state index in [0.717, 1.165) is 11.1 Å². The number of carbonyl (C=O) groups excluding carboxylic acids is 1. The van der Waals surface area contributed by atoms with Crippen molar-refractivity contribution in [1.29, 1.82) is 0 Å². The number of pyridine rings is 1. The number of aromatic nitrogens is 1. The number of nitrogen functional groups attached to an aromatic ring is 1. The molecule has 0 aliphatic carbocycles. The van der Waals surface area contributed by atoms with Gasteiger partial charge in [0.2, 0.25) is 0 Å². The molecule has 19 heavy (non-hydrogen) atoms. The Morgan fingerprint density at radius 1 is 1.37 bits per heavy atom. The highest BCUT2D eigenvalue weighted by molar-refractivity contribution is 5.95. The van der Waals surface area contributed by atoms with Crippen molar-refractivity contribution in [2.75, 3.05) is 12.8 Å². The Kier molecular flexibility index (Phi) is 3.80. The minimum absolute atomic E-state index is 0.0424. The van der Waals surface area contributed by atoms with Crippen LogP contribution in [-0.2, 0) is 6.54 Å². The number of aryl methyl sites for hydroxylation is 1. The molecule has 0 aliphatic rings. The van der Waals surface area contributed by atoms with Crippen molar-refractivity contribution in [3.63, 3.8) is 0 Å². The molecule has 0 spiro atoms. The van der Waals surface area contributed by atoms with Crippen LogP contribution in [0, 0.1) is 6.92 Å². The molecule has 0 unspecified atom stereocenters. The lowest BCUT2D eigenvalue weighted by Gasteiger charge is -2.17. The molecule has 0 radical (unpaired) electrons. The number of benzene rings is 1. The summed E-state index contributed by atoms with van der Waals surface area (Å²) in [5.74, 6) is -0.0424. The number of nitrogens with two attached hydrogens (primary N) is 1. The zero-order chi connectivity index (χ0) is 13.8. The second-order valence-corrected chi connectivity index (χ2v) is 4.65. The Balaban J connectivity index is 2.15. The lowest BCUT2D eigenvalue weighted by atomic mass is 10.1. The average Bonchev–Trinajstić information content (AvgIpc) is 2.37. The van der Waals surface area contributed by atoms with E-state index in [0.29, 0.717) is 17.8 Å². The van der Waals surface area contributed by atoms with Crippen LogP contribution in [0.1, 0.15) is 21.5 Å². The van der Waals surface area contributed by atoms with E-state index >= 15 is 0 Å². The molecule has 0 bridgehead atoms. The maximum absolute atomic E-state index is 12.3. The molecule has 0 saturated carbocycles. The topological polar surface area (TPSA) is 59.2 Å². The third-order valence-corrected chi connectivity index (χ3v) is 2.84. The summed E-state index contributed by atoms with van der Waals surface area (Å²) in [4.78, 5) is 18.0. The van der Waals surface area contributed by atoms with E-state index in [4.69, 9.17) is 5.73 Å². The van der Waals surface area contributed by atoms with Gasteiger partial charge in [0.25, 0.3) is 5.91 Å². The molecular weight excluding hydrogens is 238 g/mol. The van der Waals surface area contributed by atoms with Gasteiger partial charge in [-0.3, -0.25) is 9.78 Å². The van der Waals surface area contributed by atoms with Crippen molar-refractivity contribution >= 4 is 11.6 Å². The lowest BCUT2D eigenvalue weighted by molar-refractivity contribution is 0.0785. The van der Waals surface area contributed by atoms with E-state index < -0.39 is 0 Å². The fourth-order valence-electron chi connectivity index (χ4n) is 1.99. The summed E-state index contributed by atoms with van der Waals surface area (Å²) in [5, 5.41) is 0. The summed E-state index contributed by atoms with van der Waals surface area (Å²) in [6, 6.07) is 9.20. The highest BCUT2D eigenvalue weighted by Gasteiger charge is 2.12. The summed E-state index contributed by atoms with van der Waals surface area (Å²) < 4.78 is 0. The molecule has 0 atom stereocenters. The monoisotopic (exact) mass is 255 g/mol. The number of rotatable bonds is 3. The second-order valence-electron chi connectivity index (χ2n) is 4.65. The zero-order valence-electron chi connectivity index (χ0n) is 11.1. The van der Waals surface area contributed by atoms with Crippen molar-refractivity contribution in [1.82, 2.24) is 9.88 Å². The van der Waals surface area contributed by atoms with Gasteiger partial charge in [-0.1, -0.05) is 6.07 Å². The van der Waals surface area contributed by atoms with Gasteiger partial charge in [0.15, 0.2) is 0 Å². The first kappa shape index (κ1) is 13.1. The lowest BCUT2D eigenvalue weighted by Crippen LogP contribution is -2.26. The largest absolute Gasteiger partial charge is 0.399 e. The maximum Gasteiger partial charge on any atom is 0.253 e. The summed E-state index contributed by atoms with van der Waals surface area (Å²) in [7, 11) is 1.77. The minimum Gasteiger partial charge on any atom is -0.399 e. The van der Waals surface area contributed by atoms with Crippen molar-refractivity contribution in [3.8, 4) is 0 Å². The van der Waals surface area contributed by atoms with Crippen LogP contribution in [0.15, 0.2) is 42.7 Å². The van der Waals surface area contributed by atoms with Gasteiger partial charge < -0.3 is 10.6 Å². The van der Waals surface area contributed by atoms with E-state index in [-0.39, 0.29) is 5.91 Å². The molecule has 0 aliphatic heterocycles. The van der Waals surface area contributed by atoms with E-state index in [1.54, 1.807) is 30.4 Å². The molecule has 1 aromatic heterocycles.